The quantitative estimate of drug-likeness (QED) is 0.737. The number of benzene rings is 2. The highest BCUT2D eigenvalue weighted by Gasteiger charge is 2.17. The molecule has 1 heteroatoms. The summed E-state index contributed by atoms with van der Waals surface area (Å²) in [6.45, 7) is 12.1. The van der Waals surface area contributed by atoms with Crippen molar-refractivity contribution in [1.29, 1.82) is 0 Å². The van der Waals surface area contributed by atoms with E-state index >= 15 is 0 Å². The van der Waals surface area contributed by atoms with Crippen LogP contribution in [-0.2, 0) is 19.4 Å². The summed E-state index contributed by atoms with van der Waals surface area (Å²) < 4.78 is 0. The van der Waals surface area contributed by atoms with E-state index in [1.54, 1.807) is 5.56 Å². The lowest BCUT2D eigenvalue weighted by Gasteiger charge is -2.25. The van der Waals surface area contributed by atoms with Crippen molar-refractivity contribution in [1.82, 2.24) is 4.90 Å². The molecule has 0 bridgehead atoms. The van der Waals surface area contributed by atoms with Crippen molar-refractivity contribution in [2.75, 3.05) is 13.1 Å². The lowest BCUT2D eigenvalue weighted by atomic mass is 9.90. The van der Waals surface area contributed by atoms with Gasteiger partial charge in [-0.25, -0.2) is 0 Å². The van der Waals surface area contributed by atoms with Crippen molar-refractivity contribution in [2.24, 2.45) is 5.92 Å². The van der Waals surface area contributed by atoms with Gasteiger partial charge in [-0.2, -0.15) is 0 Å². The summed E-state index contributed by atoms with van der Waals surface area (Å²) in [5.74, 6) is 0.720. The molecule has 2 aromatic rings. The van der Waals surface area contributed by atoms with Crippen molar-refractivity contribution >= 4 is 5.57 Å². The van der Waals surface area contributed by atoms with Crippen LogP contribution in [0.4, 0.5) is 0 Å². The van der Waals surface area contributed by atoms with Crippen molar-refractivity contribution in [3.8, 4) is 0 Å². The van der Waals surface area contributed by atoms with E-state index in [0.29, 0.717) is 0 Å². The highest BCUT2D eigenvalue weighted by molar-refractivity contribution is 5.66. The van der Waals surface area contributed by atoms with E-state index < -0.39 is 0 Å². The van der Waals surface area contributed by atoms with Gasteiger partial charge in [0.25, 0.3) is 0 Å². The van der Waals surface area contributed by atoms with Gasteiger partial charge in [-0.05, 0) is 54.4 Å². The fraction of sp³-hybridized carbons (Fsp3) is 0.391. The summed E-state index contributed by atoms with van der Waals surface area (Å²) in [5, 5.41) is 0. The topological polar surface area (TPSA) is 3.24 Å². The Morgan fingerprint density at radius 3 is 2.62 bits per heavy atom. The molecule has 0 aliphatic carbocycles. The summed E-state index contributed by atoms with van der Waals surface area (Å²) in [6, 6.07) is 17.6. The van der Waals surface area contributed by atoms with Gasteiger partial charge in [0.05, 0.1) is 0 Å². The Kier molecular flexibility index (Phi) is 5.52. The molecular formula is C23H29N. The molecule has 126 valence electrons. The first kappa shape index (κ1) is 17.0. The van der Waals surface area contributed by atoms with E-state index in [9.17, 15) is 0 Å². The van der Waals surface area contributed by atoms with Crippen LogP contribution < -0.4 is 0 Å². The third-order valence-corrected chi connectivity index (χ3v) is 5.14. The van der Waals surface area contributed by atoms with Crippen LogP contribution in [0.3, 0.4) is 0 Å². The van der Waals surface area contributed by atoms with Crippen LogP contribution in [0.2, 0.25) is 0 Å². The molecule has 0 amide bonds. The van der Waals surface area contributed by atoms with Gasteiger partial charge in [0.2, 0.25) is 0 Å². The maximum Gasteiger partial charge on any atom is 0.0233 e. The van der Waals surface area contributed by atoms with Crippen LogP contribution in [0, 0.1) is 5.92 Å². The Balaban J connectivity index is 1.82. The Labute approximate surface area is 147 Å². The minimum absolute atomic E-state index is 0.720. The Morgan fingerprint density at radius 2 is 1.88 bits per heavy atom. The standard InChI is InChI=1S/C23H29N/c1-18(2)22-11-7-10-21-14-15-24(16-19(3)12-13-23(21)22)17-20-8-5-4-6-9-20/h4-11,19H,1,12-17H2,2-3H3. The van der Waals surface area contributed by atoms with Crippen LogP contribution in [0.25, 0.3) is 5.57 Å². The van der Waals surface area contributed by atoms with Crippen LogP contribution in [0.15, 0.2) is 55.1 Å². The van der Waals surface area contributed by atoms with Gasteiger partial charge in [0, 0.05) is 19.6 Å². The first-order valence-electron chi connectivity index (χ1n) is 9.16. The van der Waals surface area contributed by atoms with Crippen molar-refractivity contribution in [3.05, 3.63) is 77.4 Å². The summed E-state index contributed by atoms with van der Waals surface area (Å²) >= 11 is 0. The van der Waals surface area contributed by atoms with Crippen molar-refractivity contribution in [2.45, 2.75) is 39.7 Å². The largest absolute Gasteiger partial charge is 0.298 e. The predicted molar refractivity (Wildman–Crippen MR) is 104 cm³/mol. The van der Waals surface area contributed by atoms with Crippen LogP contribution >= 0.6 is 0 Å². The molecule has 1 unspecified atom stereocenters. The lowest BCUT2D eigenvalue weighted by Crippen LogP contribution is -2.29. The maximum atomic E-state index is 4.19. The van der Waals surface area contributed by atoms with E-state index in [2.05, 4.69) is 73.9 Å². The zero-order valence-electron chi connectivity index (χ0n) is 15.1. The van der Waals surface area contributed by atoms with Crippen LogP contribution in [0.5, 0.6) is 0 Å². The highest BCUT2D eigenvalue weighted by Crippen LogP contribution is 2.26. The van der Waals surface area contributed by atoms with E-state index in [1.165, 1.54) is 41.6 Å². The Bertz CT molecular complexity index is 686. The first-order valence-corrected chi connectivity index (χ1v) is 9.16. The molecule has 0 aromatic heterocycles. The highest BCUT2D eigenvalue weighted by atomic mass is 15.1. The molecule has 0 saturated carbocycles. The monoisotopic (exact) mass is 319 g/mol. The molecular weight excluding hydrogens is 290 g/mol. The molecule has 0 radical (unpaired) electrons. The molecule has 1 atom stereocenters. The van der Waals surface area contributed by atoms with Gasteiger partial charge in [0.1, 0.15) is 0 Å². The smallest absolute Gasteiger partial charge is 0.0233 e. The normalized spacial score (nSPS) is 19.0. The summed E-state index contributed by atoms with van der Waals surface area (Å²) in [5.41, 5.74) is 7.04. The van der Waals surface area contributed by atoms with Gasteiger partial charge in [0.15, 0.2) is 0 Å². The third-order valence-electron chi connectivity index (χ3n) is 5.14. The zero-order valence-corrected chi connectivity index (χ0v) is 15.1. The van der Waals surface area contributed by atoms with Gasteiger partial charge in [-0.3, -0.25) is 4.90 Å². The molecule has 3 rings (SSSR count). The second-order valence-corrected chi connectivity index (χ2v) is 7.34. The van der Waals surface area contributed by atoms with Gasteiger partial charge < -0.3 is 0 Å². The molecule has 0 N–H and O–H groups in total. The van der Waals surface area contributed by atoms with E-state index in [1.807, 2.05) is 0 Å². The molecule has 1 aliphatic heterocycles. The van der Waals surface area contributed by atoms with Gasteiger partial charge >= 0.3 is 0 Å². The average Bonchev–Trinajstić information content (AvgIpc) is 2.65. The van der Waals surface area contributed by atoms with Gasteiger partial charge in [-0.1, -0.05) is 67.6 Å². The van der Waals surface area contributed by atoms with Gasteiger partial charge in [-0.15, -0.1) is 0 Å². The zero-order chi connectivity index (χ0) is 16.9. The first-order chi connectivity index (χ1) is 11.6. The minimum atomic E-state index is 0.720. The number of allylic oxidation sites excluding steroid dienone is 1. The Morgan fingerprint density at radius 1 is 1.08 bits per heavy atom. The second-order valence-electron chi connectivity index (χ2n) is 7.34. The average molecular weight is 319 g/mol. The summed E-state index contributed by atoms with van der Waals surface area (Å²) in [7, 11) is 0. The number of hydrogen-bond acceptors (Lipinski definition) is 1. The van der Waals surface area contributed by atoms with Crippen LogP contribution in [-0.4, -0.2) is 18.0 Å². The maximum absolute atomic E-state index is 4.19. The Hall–Kier alpha value is -1.86. The summed E-state index contributed by atoms with van der Waals surface area (Å²) in [6.07, 6.45) is 3.57. The van der Waals surface area contributed by atoms with Crippen LogP contribution in [0.1, 0.15) is 42.5 Å². The molecule has 2 aromatic carbocycles. The van der Waals surface area contributed by atoms with Crippen molar-refractivity contribution < 1.29 is 0 Å². The molecule has 0 saturated heterocycles. The third kappa shape index (κ3) is 4.15. The predicted octanol–water partition coefficient (Wildman–Crippen LogP) is 5.35. The molecule has 24 heavy (non-hydrogen) atoms. The SMILES string of the molecule is C=C(C)c1cccc2c1CCC(C)CN(Cc1ccccc1)CC2. The number of nitrogens with zero attached hydrogens (tertiary/aromatic N) is 1. The molecule has 0 spiro atoms. The fourth-order valence-corrected chi connectivity index (χ4v) is 3.84. The fourth-order valence-electron chi connectivity index (χ4n) is 3.84. The molecule has 1 aliphatic rings. The number of fused-ring (bicyclic) bond motifs is 1. The van der Waals surface area contributed by atoms with E-state index in [0.717, 1.165) is 25.4 Å². The van der Waals surface area contributed by atoms with E-state index in [4.69, 9.17) is 0 Å². The lowest BCUT2D eigenvalue weighted by molar-refractivity contribution is 0.229. The minimum Gasteiger partial charge on any atom is -0.298 e. The number of rotatable bonds is 3. The second kappa shape index (κ2) is 7.81. The summed E-state index contributed by atoms with van der Waals surface area (Å²) in [4.78, 5) is 2.63. The molecule has 1 heterocycles. The molecule has 0 fully saturated rings. The van der Waals surface area contributed by atoms with E-state index in [-0.39, 0.29) is 0 Å². The van der Waals surface area contributed by atoms with Crippen molar-refractivity contribution in [3.63, 3.8) is 0 Å². The number of hydrogen-bond donors (Lipinski definition) is 0. The molecule has 1 nitrogen and oxygen atoms in total.